The average molecular weight is 199 g/mol. The molecule has 1 radical (unpaired) electrons. The molecule has 75 valence electrons. The number of aromatic hydroxyl groups is 1. The first-order valence-electron chi connectivity index (χ1n) is 5.08. The van der Waals surface area contributed by atoms with Crippen LogP contribution in [0.15, 0.2) is 30.7 Å². The normalized spacial score (nSPS) is 15.5. The van der Waals surface area contributed by atoms with E-state index in [1.807, 2.05) is 17.0 Å². The Kier molecular flexibility index (Phi) is 1.78. The van der Waals surface area contributed by atoms with Crippen molar-refractivity contribution in [2.75, 3.05) is 0 Å². The van der Waals surface area contributed by atoms with Crippen molar-refractivity contribution >= 4 is 0 Å². The Labute approximate surface area is 88.0 Å². The van der Waals surface area contributed by atoms with Crippen LogP contribution in [-0.4, -0.2) is 14.7 Å². The quantitative estimate of drug-likeness (QED) is 0.805. The molecule has 0 unspecified atom stereocenters. The summed E-state index contributed by atoms with van der Waals surface area (Å²) in [5.74, 6) is 0.841. The molecule has 1 aromatic heterocycles. The first-order chi connectivity index (χ1) is 7.33. The molecular weight excluding hydrogens is 188 g/mol. The lowest BCUT2D eigenvalue weighted by Crippen LogP contribution is -1.88. The van der Waals surface area contributed by atoms with Gasteiger partial charge in [-0.05, 0) is 31.0 Å². The van der Waals surface area contributed by atoms with Crippen LogP contribution < -0.4 is 0 Å². The number of benzene rings is 1. The Balaban J connectivity index is 1.93. The van der Waals surface area contributed by atoms with Gasteiger partial charge < -0.3 is 9.67 Å². The van der Waals surface area contributed by atoms with Crippen LogP contribution in [0.2, 0.25) is 0 Å². The molecule has 1 fully saturated rings. The van der Waals surface area contributed by atoms with Crippen molar-refractivity contribution in [3.63, 3.8) is 0 Å². The van der Waals surface area contributed by atoms with E-state index in [0.717, 1.165) is 5.69 Å². The van der Waals surface area contributed by atoms with Crippen molar-refractivity contribution in [3.05, 3.63) is 42.5 Å². The van der Waals surface area contributed by atoms with Gasteiger partial charge >= 0.3 is 0 Å². The summed E-state index contributed by atoms with van der Waals surface area (Å²) in [5, 5.41) is 9.13. The van der Waals surface area contributed by atoms with Crippen LogP contribution in [0.3, 0.4) is 0 Å². The Morgan fingerprint density at radius 2 is 2.27 bits per heavy atom. The van der Waals surface area contributed by atoms with Crippen LogP contribution in [0.4, 0.5) is 0 Å². The van der Waals surface area contributed by atoms with Crippen LogP contribution in [0.1, 0.15) is 24.5 Å². The van der Waals surface area contributed by atoms with Crippen molar-refractivity contribution < 1.29 is 5.11 Å². The Bertz CT molecular complexity index is 469. The first-order valence-corrected chi connectivity index (χ1v) is 5.08. The number of nitrogens with zero attached hydrogens (tertiary/aromatic N) is 2. The number of hydrogen-bond acceptors (Lipinski definition) is 2. The van der Waals surface area contributed by atoms with Crippen molar-refractivity contribution in [2.24, 2.45) is 0 Å². The van der Waals surface area contributed by atoms with Gasteiger partial charge in [0.2, 0.25) is 0 Å². The van der Waals surface area contributed by atoms with Crippen molar-refractivity contribution in [3.8, 4) is 11.4 Å². The minimum absolute atomic E-state index is 0.168. The van der Waals surface area contributed by atoms with Gasteiger partial charge in [-0.15, -0.1) is 0 Å². The van der Waals surface area contributed by atoms with E-state index < -0.39 is 0 Å². The summed E-state index contributed by atoms with van der Waals surface area (Å²) in [6.45, 7) is 0. The van der Waals surface area contributed by atoms with E-state index in [1.54, 1.807) is 12.1 Å². The second-order valence-corrected chi connectivity index (χ2v) is 3.91. The molecule has 0 aliphatic heterocycles. The molecule has 3 nitrogen and oxygen atoms in total. The Hall–Kier alpha value is -1.77. The predicted octanol–water partition coefficient (Wildman–Crippen LogP) is 2.26. The van der Waals surface area contributed by atoms with E-state index in [0.29, 0.717) is 5.92 Å². The standard InChI is InChI=1S/C12H11N2O/c15-11-5-3-10(4-6-11)14-7-12(13-8-14)9-1-2-9/h3-5,7-9,15H,1-2H2. The lowest BCUT2D eigenvalue weighted by molar-refractivity contribution is 0.474. The minimum atomic E-state index is 0.168. The Morgan fingerprint density at radius 3 is 2.93 bits per heavy atom. The van der Waals surface area contributed by atoms with Crippen LogP contribution in [0.5, 0.6) is 5.75 Å². The Morgan fingerprint density at radius 1 is 1.40 bits per heavy atom. The molecule has 1 aromatic carbocycles. The molecule has 15 heavy (non-hydrogen) atoms. The lowest BCUT2D eigenvalue weighted by Gasteiger charge is -2.00. The average Bonchev–Trinajstić information content (AvgIpc) is 2.99. The fourth-order valence-corrected chi connectivity index (χ4v) is 1.64. The summed E-state index contributed by atoms with van der Waals surface area (Å²) in [6, 6.07) is 8.00. The summed E-state index contributed by atoms with van der Waals surface area (Å²) in [5.41, 5.74) is 2.15. The maximum atomic E-state index is 9.13. The van der Waals surface area contributed by atoms with Crippen LogP contribution in [0, 0.1) is 6.07 Å². The van der Waals surface area contributed by atoms with Crippen LogP contribution in [-0.2, 0) is 0 Å². The summed E-state index contributed by atoms with van der Waals surface area (Å²) in [4.78, 5) is 4.36. The molecule has 0 saturated heterocycles. The molecule has 0 bridgehead atoms. The maximum absolute atomic E-state index is 9.13. The SMILES string of the molecule is Oc1[c]cc(-n2cnc(C3CC3)c2)cc1. The molecule has 3 rings (SSSR count). The third-order valence-electron chi connectivity index (χ3n) is 2.68. The lowest BCUT2D eigenvalue weighted by atomic mass is 10.3. The monoisotopic (exact) mass is 199 g/mol. The molecule has 0 amide bonds. The van der Waals surface area contributed by atoms with Gasteiger partial charge in [0, 0.05) is 23.9 Å². The third kappa shape index (κ3) is 1.61. The highest BCUT2D eigenvalue weighted by molar-refractivity contribution is 5.36. The first kappa shape index (κ1) is 8.53. The number of rotatable bonds is 2. The van der Waals surface area contributed by atoms with Gasteiger partial charge in [-0.3, -0.25) is 0 Å². The fourth-order valence-electron chi connectivity index (χ4n) is 1.64. The van der Waals surface area contributed by atoms with E-state index in [2.05, 4.69) is 17.2 Å². The van der Waals surface area contributed by atoms with Crippen molar-refractivity contribution in [2.45, 2.75) is 18.8 Å². The van der Waals surface area contributed by atoms with Crippen molar-refractivity contribution in [1.29, 1.82) is 0 Å². The number of imidazole rings is 1. The maximum Gasteiger partial charge on any atom is 0.123 e. The van der Waals surface area contributed by atoms with Gasteiger partial charge in [0.25, 0.3) is 0 Å². The van der Waals surface area contributed by atoms with Gasteiger partial charge in [-0.1, -0.05) is 0 Å². The second-order valence-electron chi connectivity index (χ2n) is 3.91. The molecule has 1 aliphatic rings. The van der Waals surface area contributed by atoms with Gasteiger partial charge in [0.15, 0.2) is 0 Å². The predicted molar refractivity (Wildman–Crippen MR) is 56.0 cm³/mol. The zero-order valence-corrected chi connectivity index (χ0v) is 8.22. The van der Waals surface area contributed by atoms with Gasteiger partial charge in [-0.25, -0.2) is 4.98 Å². The zero-order valence-electron chi connectivity index (χ0n) is 8.22. The topological polar surface area (TPSA) is 38.0 Å². The van der Waals surface area contributed by atoms with E-state index in [-0.39, 0.29) is 5.75 Å². The highest BCUT2D eigenvalue weighted by Gasteiger charge is 2.25. The van der Waals surface area contributed by atoms with Gasteiger partial charge in [-0.2, -0.15) is 0 Å². The van der Waals surface area contributed by atoms with Crippen molar-refractivity contribution in [1.82, 2.24) is 9.55 Å². The van der Waals surface area contributed by atoms with Gasteiger partial charge in [0.1, 0.15) is 5.75 Å². The highest BCUT2D eigenvalue weighted by atomic mass is 16.3. The van der Waals surface area contributed by atoms with Crippen LogP contribution in [0.25, 0.3) is 5.69 Å². The molecular formula is C12H11N2O. The molecule has 1 aliphatic carbocycles. The highest BCUT2D eigenvalue weighted by Crippen LogP contribution is 2.39. The molecule has 1 saturated carbocycles. The van der Waals surface area contributed by atoms with E-state index in [4.69, 9.17) is 5.11 Å². The number of phenols is 1. The summed E-state index contributed by atoms with van der Waals surface area (Å²) in [6.07, 6.45) is 6.39. The summed E-state index contributed by atoms with van der Waals surface area (Å²) < 4.78 is 1.96. The number of phenolic OH excluding ortho intramolecular Hbond substituents is 1. The van der Waals surface area contributed by atoms with E-state index >= 15 is 0 Å². The van der Waals surface area contributed by atoms with E-state index in [9.17, 15) is 0 Å². The zero-order chi connectivity index (χ0) is 10.3. The molecule has 2 aromatic rings. The molecule has 0 atom stereocenters. The van der Waals surface area contributed by atoms with Crippen LogP contribution >= 0.6 is 0 Å². The van der Waals surface area contributed by atoms with Gasteiger partial charge in [0.05, 0.1) is 12.0 Å². The fraction of sp³-hybridized carbons (Fsp3) is 0.250. The summed E-state index contributed by atoms with van der Waals surface area (Å²) >= 11 is 0. The molecule has 1 N–H and O–H groups in total. The second kappa shape index (κ2) is 3.12. The number of aromatic nitrogens is 2. The summed E-state index contributed by atoms with van der Waals surface area (Å²) in [7, 11) is 0. The molecule has 3 heteroatoms. The smallest absolute Gasteiger partial charge is 0.123 e. The minimum Gasteiger partial charge on any atom is -0.507 e. The van der Waals surface area contributed by atoms with E-state index in [1.165, 1.54) is 18.5 Å². The molecule has 0 spiro atoms. The third-order valence-corrected chi connectivity index (χ3v) is 2.68. The molecule has 1 heterocycles. The number of hydrogen-bond donors (Lipinski definition) is 1. The largest absolute Gasteiger partial charge is 0.507 e.